The number of rotatable bonds is 1. The van der Waals surface area contributed by atoms with Gasteiger partial charge in [-0.1, -0.05) is 0 Å². The highest BCUT2D eigenvalue weighted by atomic mass is 32.2. The minimum atomic E-state index is 0.129. The number of hydrogen-bond donors (Lipinski definition) is 2. The molecule has 0 spiro atoms. The van der Waals surface area contributed by atoms with Gasteiger partial charge in [0.05, 0.1) is 11.7 Å². The average Bonchev–Trinajstić information content (AvgIpc) is 2.48. The van der Waals surface area contributed by atoms with Crippen molar-refractivity contribution in [1.82, 2.24) is 14.9 Å². The van der Waals surface area contributed by atoms with E-state index in [1.54, 1.807) is 0 Å². The van der Waals surface area contributed by atoms with Gasteiger partial charge in [0.1, 0.15) is 5.82 Å². The Bertz CT molecular complexity index is 306. The molecule has 0 radical (unpaired) electrons. The molecule has 0 bridgehead atoms. The summed E-state index contributed by atoms with van der Waals surface area (Å²) in [5.74, 6) is 3.24. The molecule has 1 atom stereocenters. The van der Waals surface area contributed by atoms with Crippen LogP contribution in [0, 0.1) is 6.92 Å². The van der Waals surface area contributed by atoms with Crippen molar-refractivity contribution in [3.05, 3.63) is 11.5 Å². The maximum absolute atomic E-state index is 9.39. The summed E-state index contributed by atoms with van der Waals surface area (Å²) in [7, 11) is 2.10. The largest absolute Gasteiger partial charge is 0.492 e. The summed E-state index contributed by atoms with van der Waals surface area (Å²) >= 11 is 1.93. The first kappa shape index (κ1) is 9.86. The number of thioether (sulfide) groups is 1. The maximum atomic E-state index is 9.39. The van der Waals surface area contributed by atoms with Gasteiger partial charge >= 0.3 is 0 Å². The summed E-state index contributed by atoms with van der Waals surface area (Å²) in [6, 6.07) is 0.313. The maximum Gasteiger partial charge on any atom is 0.232 e. The van der Waals surface area contributed by atoms with Crippen LogP contribution in [-0.4, -0.2) is 45.1 Å². The number of H-pyrrole nitrogens is 1. The van der Waals surface area contributed by atoms with Crippen LogP contribution in [-0.2, 0) is 0 Å². The van der Waals surface area contributed by atoms with Crippen LogP contribution in [0.1, 0.15) is 17.6 Å². The topological polar surface area (TPSA) is 52.2 Å². The average molecular weight is 213 g/mol. The zero-order chi connectivity index (χ0) is 10.1. The summed E-state index contributed by atoms with van der Waals surface area (Å²) in [4.78, 5) is 9.53. The quantitative estimate of drug-likeness (QED) is 0.734. The Balaban J connectivity index is 2.20. The molecule has 1 fully saturated rings. The van der Waals surface area contributed by atoms with Crippen LogP contribution < -0.4 is 0 Å². The number of imidazole rings is 1. The van der Waals surface area contributed by atoms with Crippen LogP contribution >= 0.6 is 11.8 Å². The Kier molecular flexibility index (Phi) is 2.69. The number of aromatic hydroxyl groups is 1. The molecule has 2 N–H and O–H groups in total. The van der Waals surface area contributed by atoms with Crippen LogP contribution in [0.2, 0.25) is 0 Å². The Morgan fingerprint density at radius 1 is 1.64 bits per heavy atom. The summed E-state index contributed by atoms with van der Waals surface area (Å²) in [6.07, 6.45) is 0. The van der Waals surface area contributed by atoms with E-state index in [2.05, 4.69) is 21.9 Å². The Hall–Kier alpha value is -0.680. The molecule has 2 rings (SSSR count). The minimum absolute atomic E-state index is 0.129. The van der Waals surface area contributed by atoms with E-state index in [1.165, 1.54) is 5.75 Å². The van der Waals surface area contributed by atoms with Crippen molar-refractivity contribution in [2.75, 3.05) is 25.1 Å². The first-order chi connectivity index (χ1) is 6.68. The summed E-state index contributed by atoms with van der Waals surface area (Å²) < 4.78 is 0. The van der Waals surface area contributed by atoms with Crippen LogP contribution in [0.15, 0.2) is 0 Å². The lowest BCUT2D eigenvalue weighted by Gasteiger charge is -2.30. The van der Waals surface area contributed by atoms with E-state index in [-0.39, 0.29) is 5.88 Å². The molecule has 1 aromatic rings. The summed E-state index contributed by atoms with van der Waals surface area (Å²) in [5.41, 5.74) is 0.754. The van der Waals surface area contributed by atoms with Gasteiger partial charge in [0, 0.05) is 18.1 Å². The SMILES string of the molecule is Cc1[nH]c(C2CSCCN2C)nc1O. The molecule has 0 aliphatic carbocycles. The fourth-order valence-electron chi connectivity index (χ4n) is 1.61. The van der Waals surface area contributed by atoms with Crippen LogP contribution in [0.3, 0.4) is 0 Å². The Labute approximate surface area is 87.7 Å². The van der Waals surface area contributed by atoms with E-state index in [0.29, 0.717) is 6.04 Å². The zero-order valence-corrected chi connectivity index (χ0v) is 9.27. The van der Waals surface area contributed by atoms with E-state index in [0.717, 1.165) is 23.8 Å². The van der Waals surface area contributed by atoms with Crippen molar-refractivity contribution in [1.29, 1.82) is 0 Å². The van der Waals surface area contributed by atoms with Gasteiger partial charge in [-0.3, -0.25) is 4.90 Å². The van der Waals surface area contributed by atoms with E-state index < -0.39 is 0 Å². The molecular weight excluding hydrogens is 198 g/mol. The smallest absolute Gasteiger partial charge is 0.232 e. The van der Waals surface area contributed by atoms with Crippen molar-refractivity contribution in [2.24, 2.45) is 0 Å². The van der Waals surface area contributed by atoms with Crippen molar-refractivity contribution >= 4 is 11.8 Å². The molecule has 1 unspecified atom stereocenters. The number of aromatic amines is 1. The van der Waals surface area contributed by atoms with E-state index in [4.69, 9.17) is 0 Å². The van der Waals surface area contributed by atoms with Gasteiger partial charge in [-0.15, -0.1) is 0 Å². The molecule has 1 aliphatic heterocycles. The Morgan fingerprint density at radius 2 is 2.43 bits per heavy atom. The number of aromatic nitrogens is 2. The van der Waals surface area contributed by atoms with Gasteiger partial charge in [0.15, 0.2) is 0 Å². The van der Waals surface area contributed by atoms with Gasteiger partial charge in [0.25, 0.3) is 0 Å². The molecule has 2 heterocycles. The highest BCUT2D eigenvalue weighted by Gasteiger charge is 2.24. The minimum Gasteiger partial charge on any atom is -0.492 e. The predicted molar refractivity (Wildman–Crippen MR) is 57.7 cm³/mol. The Morgan fingerprint density at radius 3 is 3.00 bits per heavy atom. The van der Waals surface area contributed by atoms with Crippen molar-refractivity contribution in [2.45, 2.75) is 13.0 Å². The molecule has 1 saturated heterocycles. The van der Waals surface area contributed by atoms with Gasteiger partial charge in [-0.05, 0) is 14.0 Å². The monoisotopic (exact) mass is 213 g/mol. The van der Waals surface area contributed by atoms with Gasteiger partial charge < -0.3 is 10.1 Å². The highest BCUT2D eigenvalue weighted by molar-refractivity contribution is 7.99. The molecule has 0 aromatic carbocycles. The lowest BCUT2D eigenvalue weighted by atomic mass is 10.3. The van der Waals surface area contributed by atoms with Crippen LogP contribution in [0.25, 0.3) is 0 Å². The second-order valence-corrected chi connectivity index (χ2v) is 4.79. The van der Waals surface area contributed by atoms with E-state index in [9.17, 15) is 5.11 Å². The molecule has 78 valence electrons. The normalized spacial score (nSPS) is 24.0. The molecule has 0 amide bonds. The summed E-state index contributed by atoms with van der Waals surface area (Å²) in [6.45, 7) is 2.91. The molecule has 1 aromatic heterocycles. The summed E-state index contributed by atoms with van der Waals surface area (Å²) in [5, 5.41) is 9.39. The third kappa shape index (κ3) is 1.74. The van der Waals surface area contributed by atoms with Gasteiger partial charge in [-0.2, -0.15) is 16.7 Å². The van der Waals surface area contributed by atoms with Gasteiger partial charge in [-0.25, -0.2) is 0 Å². The third-order valence-electron chi connectivity index (χ3n) is 2.59. The predicted octanol–water partition coefficient (Wildman–Crippen LogP) is 1.14. The first-order valence-electron chi connectivity index (χ1n) is 4.72. The lowest BCUT2D eigenvalue weighted by molar-refractivity contribution is 0.265. The number of nitrogens with zero attached hydrogens (tertiary/aromatic N) is 2. The van der Waals surface area contributed by atoms with Crippen molar-refractivity contribution in [3.8, 4) is 5.88 Å². The van der Waals surface area contributed by atoms with Crippen LogP contribution in [0.4, 0.5) is 0 Å². The standard InChI is InChI=1S/C9H15N3OS/c1-6-9(13)11-8(10-6)7-5-14-4-3-12(7)2/h7,13H,3-5H2,1-2H3,(H,10,11). The number of aryl methyl sites for hydroxylation is 1. The van der Waals surface area contributed by atoms with Crippen LogP contribution in [0.5, 0.6) is 5.88 Å². The van der Waals surface area contributed by atoms with Crippen molar-refractivity contribution in [3.63, 3.8) is 0 Å². The number of nitrogens with one attached hydrogen (secondary N) is 1. The molecule has 14 heavy (non-hydrogen) atoms. The molecular formula is C9H15N3OS. The lowest BCUT2D eigenvalue weighted by Crippen LogP contribution is -2.33. The van der Waals surface area contributed by atoms with Crippen molar-refractivity contribution < 1.29 is 5.11 Å². The second-order valence-electron chi connectivity index (χ2n) is 3.64. The highest BCUT2D eigenvalue weighted by Crippen LogP contribution is 2.28. The molecule has 4 nitrogen and oxygen atoms in total. The second kappa shape index (κ2) is 3.82. The van der Waals surface area contributed by atoms with Gasteiger partial charge in [0.2, 0.25) is 5.88 Å². The van der Waals surface area contributed by atoms with E-state index in [1.807, 2.05) is 18.7 Å². The third-order valence-corrected chi connectivity index (χ3v) is 3.61. The first-order valence-corrected chi connectivity index (χ1v) is 5.87. The number of hydrogen-bond acceptors (Lipinski definition) is 4. The molecule has 0 saturated carbocycles. The fraction of sp³-hybridized carbons (Fsp3) is 0.667. The fourth-order valence-corrected chi connectivity index (χ4v) is 2.83. The zero-order valence-electron chi connectivity index (χ0n) is 8.45. The van der Waals surface area contributed by atoms with E-state index >= 15 is 0 Å². The molecule has 5 heteroatoms. The molecule has 1 aliphatic rings.